The van der Waals surface area contributed by atoms with E-state index < -0.39 is 5.60 Å². The van der Waals surface area contributed by atoms with Crippen LogP contribution in [0, 0.1) is 0 Å². The molecule has 0 spiro atoms. The molecule has 5 heteroatoms. The molecular formula is C31H39NO4. The minimum absolute atomic E-state index is 0.132. The van der Waals surface area contributed by atoms with Gasteiger partial charge in [-0.05, 0) is 74.3 Å². The molecule has 36 heavy (non-hydrogen) atoms. The Bertz CT molecular complexity index is 1050. The van der Waals surface area contributed by atoms with Gasteiger partial charge in [0.1, 0.15) is 23.7 Å². The number of benzene rings is 3. The lowest BCUT2D eigenvalue weighted by Crippen LogP contribution is -2.35. The van der Waals surface area contributed by atoms with E-state index in [1.165, 1.54) is 0 Å². The monoisotopic (exact) mass is 489 g/mol. The lowest BCUT2D eigenvalue weighted by molar-refractivity contribution is -0.105. The maximum absolute atomic E-state index is 12.5. The first-order valence-electron chi connectivity index (χ1n) is 13.0. The minimum Gasteiger partial charge on any atom is -0.492 e. The summed E-state index contributed by atoms with van der Waals surface area (Å²) in [5.41, 5.74) is 1.54. The SMILES string of the molecule is CCC(c1ccccc1)C(O)(c1ccc(OCCN(C)C)cc1)c1ccc(OC2CCCCO2)cc1. The van der Waals surface area contributed by atoms with Crippen LogP contribution in [0.25, 0.3) is 0 Å². The van der Waals surface area contributed by atoms with Gasteiger partial charge in [0.05, 0.1) is 6.61 Å². The number of aliphatic hydroxyl groups is 1. The molecule has 192 valence electrons. The van der Waals surface area contributed by atoms with Crippen LogP contribution in [-0.4, -0.2) is 50.2 Å². The molecule has 3 atom stereocenters. The summed E-state index contributed by atoms with van der Waals surface area (Å²) in [5, 5.41) is 12.5. The summed E-state index contributed by atoms with van der Waals surface area (Å²) in [6, 6.07) is 26.0. The number of hydrogen-bond donors (Lipinski definition) is 1. The number of rotatable bonds is 11. The molecule has 1 heterocycles. The predicted molar refractivity (Wildman–Crippen MR) is 144 cm³/mol. The average molecular weight is 490 g/mol. The Balaban J connectivity index is 1.64. The summed E-state index contributed by atoms with van der Waals surface area (Å²) in [6.07, 6.45) is 3.68. The van der Waals surface area contributed by atoms with Crippen molar-refractivity contribution in [1.29, 1.82) is 0 Å². The lowest BCUT2D eigenvalue weighted by Gasteiger charge is -2.37. The van der Waals surface area contributed by atoms with E-state index in [1.807, 2.05) is 80.8 Å². The molecule has 1 saturated heterocycles. The van der Waals surface area contributed by atoms with E-state index in [1.54, 1.807) is 0 Å². The zero-order chi connectivity index (χ0) is 25.4. The van der Waals surface area contributed by atoms with Crippen LogP contribution < -0.4 is 9.47 Å². The molecule has 1 fully saturated rings. The third-order valence-corrected chi connectivity index (χ3v) is 6.92. The zero-order valence-corrected chi connectivity index (χ0v) is 21.7. The normalized spacial score (nSPS) is 18.4. The summed E-state index contributed by atoms with van der Waals surface area (Å²) in [5.74, 6) is 1.42. The summed E-state index contributed by atoms with van der Waals surface area (Å²) in [7, 11) is 4.05. The first-order chi connectivity index (χ1) is 17.5. The number of likely N-dealkylation sites (N-methyl/N-ethyl adjacent to an activating group) is 1. The van der Waals surface area contributed by atoms with E-state index in [0.29, 0.717) is 6.61 Å². The van der Waals surface area contributed by atoms with Gasteiger partial charge in [0.2, 0.25) is 0 Å². The van der Waals surface area contributed by atoms with E-state index in [9.17, 15) is 5.11 Å². The number of nitrogens with zero attached hydrogens (tertiary/aromatic N) is 1. The average Bonchev–Trinajstić information content (AvgIpc) is 2.91. The molecule has 1 N–H and O–H groups in total. The van der Waals surface area contributed by atoms with E-state index in [4.69, 9.17) is 14.2 Å². The first-order valence-corrected chi connectivity index (χ1v) is 13.0. The van der Waals surface area contributed by atoms with Gasteiger partial charge in [0.25, 0.3) is 0 Å². The predicted octanol–water partition coefficient (Wildman–Crippen LogP) is 5.96. The van der Waals surface area contributed by atoms with Crippen molar-refractivity contribution in [3.8, 4) is 11.5 Å². The van der Waals surface area contributed by atoms with Crippen LogP contribution in [-0.2, 0) is 10.3 Å². The van der Waals surface area contributed by atoms with Gasteiger partial charge in [0, 0.05) is 18.9 Å². The largest absolute Gasteiger partial charge is 0.492 e. The summed E-state index contributed by atoms with van der Waals surface area (Å²) in [4.78, 5) is 2.09. The van der Waals surface area contributed by atoms with Crippen molar-refractivity contribution in [2.24, 2.45) is 0 Å². The Labute approximate surface area is 215 Å². The smallest absolute Gasteiger partial charge is 0.199 e. The number of hydrogen-bond acceptors (Lipinski definition) is 5. The van der Waals surface area contributed by atoms with Gasteiger partial charge >= 0.3 is 0 Å². The minimum atomic E-state index is -1.22. The van der Waals surface area contributed by atoms with Crippen molar-refractivity contribution < 1.29 is 19.3 Å². The van der Waals surface area contributed by atoms with Crippen molar-refractivity contribution in [2.45, 2.75) is 50.4 Å². The highest BCUT2D eigenvalue weighted by atomic mass is 16.7. The summed E-state index contributed by atoms with van der Waals surface area (Å²) >= 11 is 0. The molecule has 1 aliphatic heterocycles. The summed E-state index contributed by atoms with van der Waals surface area (Å²) in [6.45, 7) is 4.33. The quantitative estimate of drug-likeness (QED) is 0.360. The Kier molecular flexibility index (Phi) is 9.03. The summed E-state index contributed by atoms with van der Waals surface area (Å²) < 4.78 is 17.7. The molecule has 1 aliphatic rings. The molecule has 0 aliphatic carbocycles. The molecule has 3 aromatic carbocycles. The van der Waals surface area contributed by atoms with Crippen LogP contribution in [0.1, 0.15) is 55.2 Å². The van der Waals surface area contributed by atoms with E-state index >= 15 is 0 Å². The Morgan fingerprint density at radius 1 is 0.917 bits per heavy atom. The van der Waals surface area contributed by atoms with Gasteiger partial charge in [-0.3, -0.25) is 0 Å². The second kappa shape index (κ2) is 12.4. The van der Waals surface area contributed by atoms with Gasteiger partial charge in [-0.25, -0.2) is 0 Å². The van der Waals surface area contributed by atoms with Crippen molar-refractivity contribution in [3.05, 3.63) is 95.6 Å². The molecule has 0 bridgehead atoms. The molecule has 3 unspecified atom stereocenters. The molecule has 0 amide bonds. The zero-order valence-electron chi connectivity index (χ0n) is 21.7. The molecule has 3 aromatic rings. The maximum Gasteiger partial charge on any atom is 0.199 e. The molecule has 0 radical (unpaired) electrons. The third kappa shape index (κ3) is 6.28. The highest BCUT2D eigenvalue weighted by Gasteiger charge is 2.40. The van der Waals surface area contributed by atoms with Crippen LogP contribution in [0.5, 0.6) is 11.5 Å². The van der Waals surface area contributed by atoms with Crippen LogP contribution in [0.2, 0.25) is 0 Å². The van der Waals surface area contributed by atoms with Crippen molar-refractivity contribution in [3.63, 3.8) is 0 Å². The fourth-order valence-electron chi connectivity index (χ4n) is 4.92. The topological polar surface area (TPSA) is 51.2 Å². The van der Waals surface area contributed by atoms with Crippen molar-refractivity contribution in [1.82, 2.24) is 4.90 Å². The van der Waals surface area contributed by atoms with Crippen molar-refractivity contribution >= 4 is 0 Å². The third-order valence-electron chi connectivity index (χ3n) is 6.92. The number of ether oxygens (including phenoxy) is 3. The van der Waals surface area contributed by atoms with Gasteiger partial charge < -0.3 is 24.2 Å². The van der Waals surface area contributed by atoms with Gasteiger partial charge in [-0.15, -0.1) is 0 Å². The van der Waals surface area contributed by atoms with Gasteiger partial charge in [0.15, 0.2) is 6.29 Å². The molecular weight excluding hydrogens is 450 g/mol. The molecule has 0 aromatic heterocycles. The van der Waals surface area contributed by atoms with Crippen molar-refractivity contribution in [2.75, 3.05) is 33.9 Å². The maximum atomic E-state index is 12.5. The van der Waals surface area contributed by atoms with Crippen LogP contribution in [0.15, 0.2) is 78.9 Å². The van der Waals surface area contributed by atoms with Crippen LogP contribution in [0.4, 0.5) is 0 Å². The van der Waals surface area contributed by atoms with Gasteiger partial charge in [-0.1, -0.05) is 61.5 Å². The second-order valence-electron chi connectivity index (χ2n) is 9.75. The fourth-order valence-corrected chi connectivity index (χ4v) is 4.92. The highest BCUT2D eigenvalue weighted by molar-refractivity contribution is 5.45. The van der Waals surface area contributed by atoms with Crippen LogP contribution in [0.3, 0.4) is 0 Å². The van der Waals surface area contributed by atoms with E-state index in [0.717, 1.165) is 67.0 Å². The molecule has 0 saturated carbocycles. The second-order valence-corrected chi connectivity index (χ2v) is 9.75. The molecule has 4 rings (SSSR count). The standard InChI is InChI=1S/C31H39NO4/c1-4-29(24-10-6-5-7-11-24)31(33,25-13-17-27(18-14-25)34-23-21-32(2)3)26-15-19-28(20-16-26)36-30-12-8-9-22-35-30/h5-7,10-11,13-20,29-30,33H,4,8-9,12,21-23H2,1-3H3. The first kappa shape index (κ1) is 26.2. The molecule has 5 nitrogen and oxygen atoms in total. The highest BCUT2D eigenvalue weighted by Crippen LogP contribution is 2.45. The van der Waals surface area contributed by atoms with Crippen LogP contribution >= 0.6 is 0 Å². The van der Waals surface area contributed by atoms with E-state index in [-0.39, 0.29) is 12.2 Å². The lowest BCUT2D eigenvalue weighted by atomic mass is 9.72. The Hall–Kier alpha value is -2.86. The Morgan fingerprint density at radius 2 is 1.56 bits per heavy atom. The fraction of sp³-hybridized carbons (Fsp3) is 0.419. The Morgan fingerprint density at radius 3 is 2.11 bits per heavy atom. The van der Waals surface area contributed by atoms with E-state index in [2.05, 4.69) is 24.0 Å². The van der Waals surface area contributed by atoms with Gasteiger partial charge in [-0.2, -0.15) is 0 Å².